The highest BCUT2D eigenvalue weighted by atomic mass is 32.2. The summed E-state index contributed by atoms with van der Waals surface area (Å²) < 4.78 is 56.6. The molecule has 3 nitrogen and oxygen atoms in total. The minimum Gasteiger partial charge on any atom is -0.257 e. The van der Waals surface area contributed by atoms with Crippen molar-refractivity contribution in [3.63, 3.8) is 0 Å². The van der Waals surface area contributed by atoms with Crippen LogP contribution in [0, 0.1) is 6.92 Å². The molecule has 0 amide bonds. The summed E-state index contributed by atoms with van der Waals surface area (Å²) in [5.74, 6) is -3.09. The molecule has 2 rings (SSSR count). The molecule has 0 bridgehead atoms. The fourth-order valence-corrected chi connectivity index (χ4v) is 3.39. The highest BCUT2D eigenvalue weighted by molar-refractivity contribution is 7.86. The minimum atomic E-state index is -4.14. The Kier molecular flexibility index (Phi) is 4.44. The van der Waals surface area contributed by atoms with Crippen LogP contribution in [0.1, 0.15) is 37.7 Å². The number of hydrogen-bond donors (Lipinski definition) is 0. The van der Waals surface area contributed by atoms with Crippen molar-refractivity contribution in [3.8, 4) is 0 Å². The van der Waals surface area contributed by atoms with Gasteiger partial charge in [0.15, 0.2) is 0 Å². The zero-order valence-electron chi connectivity index (χ0n) is 11.3. The Morgan fingerprint density at radius 2 is 1.80 bits per heavy atom. The first-order chi connectivity index (χ1) is 9.31. The van der Waals surface area contributed by atoms with Crippen molar-refractivity contribution in [2.45, 2.75) is 55.9 Å². The first-order valence-corrected chi connectivity index (χ1v) is 8.10. The summed E-state index contributed by atoms with van der Waals surface area (Å²) in [7, 11) is -4.14. The van der Waals surface area contributed by atoms with Gasteiger partial charge in [-0.3, -0.25) is 4.18 Å². The van der Waals surface area contributed by atoms with Crippen LogP contribution >= 0.6 is 0 Å². The van der Waals surface area contributed by atoms with Gasteiger partial charge in [-0.25, -0.2) is 8.78 Å². The first-order valence-electron chi connectivity index (χ1n) is 6.69. The van der Waals surface area contributed by atoms with Gasteiger partial charge in [0.2, 0.25) is 0 Å². The summed E-state index contributed by atoms with van der Waals surface area (Å²) in [6, 6.07) is 5.97. The van der Waals surface area contributed by atoms with Crippen LogP contribution < -0.4 is 0 Å². The number of benzene rings is 1. The highest BCUT2D eigenvalue weighted by Crippen LogP contribution is 2.36. The van der Waals surface area contributed by atoms with Crippen molar-refractivity contribution in [2.75, 3.05) is 0 Å². The minimum absolute atomic E-state index is 0.0676. The second-order valence-electron chi connectivity index (χ2n) is 5.21. The molecule has 1 saturated carbocycles. The van der Waals surface area contributed by atoms with E-state index in [1.807, 2.05) is 6.92 Å². The second-order valence-corrected chi connectivity index (χ2v) is 6.78. The zero-order chi connectivity index (χ0) is 14.8. The van der Waals surface area contributed by atoms with E-state index >= 15 is 0 Å². The second kappa shape index (κ2) is 5.77. The van der Waals surface area contributed by atoms with E-state index in [4.69, 9.17) is 4.18 Å². The monoisotopic (exact) mass is 304 g/mol. The average Bonchev–Trinajstić information content (AvgIpc) is 2.52. The van der Waals surface area contributed by atoms with Gasteiger partial charge < -0.3 is 0 Å². The van der Waals surface area contributed by atoms with Crippen LogP contribution in [-0.2, 0) is 14.3 Å². The van der Waals surface area contributed by atoms with Crippen LogP contribution in [0.25, 0.3) is 0 Å². The molecule has 1 fully saturated rings. The average molecular weight is 304 g/mol. The van der Waals surface area contributed by atoms with Gasteiger partial charge in [0.25, 0.3) is 16.0 Å². The van der Waals surface area contributed by atoms with Crippen LogP contribution in [-0.4, -0.2) is 20.4 Å². The smallest absolute Gasteiger partial charge is 0.257 e. The molecule has 1 aromatic rings. The van der Waals surface area contributed by atoms with E-state index in [0.717, 1.165) is 5.56 Å². The Morgan fingerprint density at radius 3 is 2.45 bits per heavy atom. The van der Waals surface area contributed by atoms with Crippen LogP contribution in [0.3, 0.4) is 0 Å². The predicted molar refractivity (Wildman–Crippen MR) is 71.3 cm³/mol. The zero-order valence-corrected chi connectivity index (χ0v) is 12.1. The maximum Gasteiger partial charge on any atom is 0.297 e. The predicted octanol–water partition coefficient (Wildman–Crippen LogP) is 3.67. The number of aryl methyl sites for hydroxylation is 1. The van der Waals surface area contributed by atoms with Crippen LogP contribution in [0.15, 0.2) is 29.2 Å². The molecule has 0 saturated heterocycles. The summed E-state index contributed by atoms with van der Waals surface area (Å²) in [5, 5.41) is 0. The maximum absolute atomic E-state index is 13.8. The highest BCUT2D eigenvalue weighted by Gasteiger charge is 2.43. The third kappa shape index (κ3) is 3.55. The van der Waals surface area contributed by atoms with Gasteiger partial charge in [0.05, 0.1) is 4.90 Å². The van der Waals surface area contributed by atoms with Gasteiger partial charge in [0, 0.05) is 6.42 Å². The molecule has 112 valence electrons. The van der Waals surface area contributed by atoms with Crippen molar-refractivity contribution in [2.24, 2.45) is 0 Å². The van der Waals surface area contributed by atoms with Gasteiger partial charge >= 0.3 is 0 Å². The van der Waals surface area contributed by atoms with E-state index in [0.29, 0.717) is 19.3 Å². The molecule has 20 heavy (non-hydrogen) atoms. The topological polar surface area (TPSA) is 43.4 Å². The number of hydrogen-bond acceptors (Lipinski definition) is 3. The summed E-state index contributed by atoms with van der Waals surface area (Å²) in [4.78, 5) is -0.0804. The lowest BCUT2D eigenvalue weighted by Gasteiger charge is -2.24. The van der Waals surface area contributed by atoms with Crippen molar-refractivity contribution in [3.05, 3.63) is 29.8 Å². The van der Waals surface area contributed by atoms with E-state index < -0.39 is 22.1 Å². The fraction of sp³-hybridized carbons (Fsp3) is 0.571. The molecular weight excluding hydrogens is 286 g/mol. The van der Waals surface area contributed by atoms with Gasteiger partial charge in [-0.15, -0.1) is 0 Å². The van der Waals surface area contributed by atoms with Crippen molar-refractivity contribution < 1.29 is 21.4 Å². The van der Waals surface area contributed by atoms with E-state index in [2.05, 4.69) is 0 Å². The molecule has 1 aromatic carbocycles. The van der Waals surface area contributed by atoms with Gasteiger partial charge in [-0.05, 0) is 31.9 Å². The Hall–Kier alpha value is -1.01. The third-order valence-electron chi connectivity index (χ3n) is 3.50. The first kappa shape index (κ1) is 15.4. The Morgan fingerprint density at radius 1 is 1.15 bits per heavy atom. The fourth-order valence-electron chi connectivity index (χ4n) is 2.27. The van der Waals surface area contributed by atoms with Crippen LogP contribution in [0.5, 0.6) is 0 Å². The quantitative estimate of drug-likeness (QED) is 0.632. The third-order valence-corrected chi connectivity index (χ3v) is 4.84. The molecular formula is C14H18F2O3S. The lowest BCUT2D eigenvalue weighted by molar-refractivity contribution is -0.0971. The summed E-state index contributed by atoms with van der Waals surface area (Å²) in [6.45, 7) is 1.82. The SMILES string of the molecule is Cc1ccc(S(=O)(=O)OC2CCCCCC2(F)F)cc1. The van der Waals surface area contributed by atoms with Gasteiger partial charge in [-0.1, -0.05) is 30.5 Å². The van der Waals surface area contributed by atoms with Crippen molar-refractivity contribution in [1.29, 1.82) is 0 Å². The normalized spacial score (nSPS) is 23.2. The van der Waals surface area contributed by atoms with E-state index in [1.165, 1.54) is 12.1 Å². The molecule has 1 atom stereocenters. The number of halogens is 2. The van der Waals surface area contributed by atoms with E-state index in [1.54, 1.807) is 12.1 Å². The molecule has 1 aliphatic rings. The van der Waals surface area contributed by atoms with Crippen LogP contribution in [0.4, 0.5) is 8.78 Å². The van der Waals surface area contributed by atoms with Crippen LogP contribution in [0.2, 0.25) is 0 Å². The molecule has 0 aromatic heterocycles. The largest absolute Gasteiger partial charge is 0.297 e. The number of rotatable bonds is 3. The van der Waals surface area contributed by atoms with Gasteiger partial charge in [-0.2, -0.15) is 8.42 Å². The van der Waals surface area contributed by atoms with Gasteiger partial charge in [0.1, 0.15) is 6.10 Å². The van der Waals surface area contributed by atoms with Crippen molar-refractivity contribution >= 4 is 10.1 Å². The van der Waals surface area contributed by atoms with E-state index in [9.17, 15) is 17.2 Å². The Labute approximate surface area is 118 Å². The molecule has 0 N–H and O–H groups in total. The molecule has 0 heterocycles. The summed E-state index contributed by atoms with van der Waals surface area (Å²) in [6.07, 6.45) is -0.170. The van der Waals surface area contributed by atoms with E-state index in [-0.39, 0.29) is 17.7 Å². The maximum atomic E-state index is 13.8. The molecule has 1 aliphatic carbocycles. The molecule has 0 aliphatic heterocycles. The Balaban J connectivity index is 2.20. The molecule has 6 heteroatoms. The molecule has 0 radical (unpaired) electrons. The molecule has 1 unspecified atom stereocenters. The number of alkyl halides is 2. The summed E-state index contributed by atoms with van der Waals surface area (Å²) in [5.41, 5.74) is 0.892. The summed E-state index contributed by atoms with van der Waals surface area (Å²) >= 11 is 0. The standard InChI is InChI=1S/C14H18F2O3S/c1-11-6-8-12(9-7-11)20(17,18)19-13-5-3-2-4-10-14(13,15)16/h6-9,13H,2-5,10H2,1H3. The Bertz CT molecular complexity index is 552. The van der Waals surface area contributed by atoms with Crippen molar-refractivity contribution in [1.82, 2.24) is 0 Å². The lowest BCUT2D eigenvalue weighted by atomic mass is 10.1. The lowest BCUT2D eigenvalue weighted by Crippen LogP contribution is -2.36. The molecule has 0 spiro atoms.